The van der Waals surface area contributed by atoms with Crippen LogP contribution in [-0.2, 0) is 4.79 Å². The van der Waals surface area contributed by atoms with Crippen LogP contribution in [0.1, 0.15) is 43.5 Å². The fourth-order valence-corrected chi connectivity index (χ4v) is 4.11. The molecule has 0 spiro atoms. The van der Waals surface area contributed by atoms with Crippen molar-refractivity contribution >= 4 is 23.5 Å². The Hall–Kier alpha value is -2.73. The van der Waals surface area contributed by atoms with Gasteiger partial charge in [-0.1, -0.05) is 13.8 Å². The van der Waals surface area contributed by atoms with Gasteiger partial charge in [0.2, 0.25) is 5.91 Å². The van der Waals surface area contributed by atoms with Crippen LogP contribution in [0.5, 0.6) is 0 Å². The van der Waals surface area contributed by atoms with E-state index in [0.717, 1.165) is 47.7 Å². The Balaban J connectivity index is 1.95. The van der Waals surface area contributed by atoms with Crippen LogP contribution in [0, 0.1) is 24.1 Å². The highest BCUT2D eigenvalue weighted by Crippen LogP contribution is 2.33. The van der Waals surface area contributed by atoms with Crippen LogP contribution in [0.15, 0.2) is 36.4 Å². The molecule has 30 heavy (non-hydrogen) atoms. The molecule has 160 valence electrons. The van der Waals surface area contributed by atoms with E-state index < -0.39 is 0 Å². The third-order valence-electron chi connectivity index (χ3n) is 5.61. The lowest BCUT2D eigenvalue weighted by atomic mass is 9.93. The van der Waals surface area contributed by atoms with E-state index in [1.165, 1.54) is 18.3 Å². The lowest BCUT2D eigenvalue weighted by Gasteiger charge is -2.43. The quantitative estimate of drug-likeness (QED) is 0.677. The Kier molecular flexibility index (Phi) is 6.87. The Bertz CT molecular complexity index is 910. The van der Waals surface area contributed by atoms with Crippen LogP contribution in [0.2, 0.25) is 0 Å². The molecule has 5 nitrogen and oxygen atoms in total. The molecule has 0 radical (unpaired) electrons. The molecule has 2 aromatic rings. The highest BCUT2D eigenvalue weighted by molar-refractivity contribution is 5.88. The van der Waals surface area contributed by atoms with E-state index in [1.54, 1.807) is 19.1 Å². The van der Waals surface area contributed by atoms with Crippen molar-refractivity contribution < 1.29 is 9.18 Å². The summed E-state index contributed by atoms with van der Waals surface area (Å²) in [5.41, 5.74) is 4.60. The summed E-state index contributed by atoms with van der Waals surface area (Å²) in [6, 6.07) is 10.4. The second kappa shape index (κ2) is 9.39. The average molecular weight is 411 g/mol. The number of nitrogens with one attached hydrogen (secondary N) is 2. The summed E-state index contributed by atoms with van der Waals surface area (Å²) in [6.07, 6.45) is 1.34. The summed E-state index contributed by atoms with van der Waals surface area (Å²) in [6.45, 7) is 11.3. The lowest BCUT2D eigenvalue weighted by Crippen LogP contribution is -2.50. The molecule has 6 heteroatoms. The van der Waals surface area contributed by atoms with E-state index in [2.05, 4.69) is 37.1 Å². The Labute approximate surface area is 178 Å². The van der Waals surface area contributed by atoms with Crippen molar-refractivity contribution in [1.82, 2.24) is 9.80 Å². The zero-order chi connectivity index (χ0) is 21.8. The minimum Gasteiger partial charge on any atom is -0.355 e. The summed E-state index contributed by atoms with van der Waals surface area (Å²) in [5.74, 6) is 0.346. The maximum atomic E-state index is 13.2. The fourth-order valence-electron chi connectivity index (χ4n) is 4.11. The van der Waals surface area contributed by atoms with Crippen molar-refractivity contribution in [2.75, 3.05) is 31.5 Å². The van der Waals surface area contributed by atoms with Gasteiger partial charge in [0.25, 0.3) is 0 Å². The standard InChI is InChI=1S/C24H31FN4O/c1-16(2)14-29-10-9-28(18(4)30)15-24(29)22-12-19(13-26)23(11-17(22)3)27-21-7-5-20(25)6-8-21/h5-8,11-13,16,24,26-27H,9-10,14-15H2,1-4H3. The number of anilines is 2. The molecule has 0 aromatic heterocycles. The predicted molar refractivity (Wildman–Crippen MR) is 120 cm³/mol. The van der Waals surface area contributed by atoms with Gasteiger partial charge in [-0.3, -0.25) is 9.69 Å². The molecule has 1 saturated heterocycles. The molecule has 0 bridgehead atoms. The molecule has 1 fully saturated rings. The number of benzene rings is 2. The number of rotatable bonds is 6. The van der Waals surface area contributed by atoms with E-state index in [0.29, 0.717) is 12.5 Å². The molecular formula is C24H31FN4O. The molecule has 0 aliphatic carbocycles. The van der Waals surface area contributed by atoms with Crippen LogP contribution in [-0.4, -0.2) is 48.1 Å². The predicted octanol–water partition coefficient (Wildman–Crippen LogP) is 4.74. The van der Waals surface area contributed by atoms with Gasteiger partial charge in [-0.2, -0.15) is 0 Å². The normalized spacial score (nSPS) is 17.3. The smallest absolute Gasteiger partial charge is 0.219 e. The highest BCUT2D eigenvalue weighted by atomic mass is 19.1. The molecule has 2 N–H and O–H groups in total. The van der Waals surface area contributed by atoms with Crippen LogP contribution in [0.4, 0.5) is 15.8 Å². The Morgan fingerprint density at radius 3 is 2.57 bits per heavy atom. The molecule has 1 unspecified atom stereocenters. The molecule has 2 aromatic carbocycles. The largest absolute Gasteiger partial charge is 0.355 e. The molecule has 1 aliphatic heterocycles. The van der Waals surface area contributed by atoms with Gasteiger partial charge in [-0.05, 0) is 60.4 Å². The van der Waals surface area contributed by atoms with Gasteiger partial charge in [-0.15, -0.1) is 0 Å². The van der Waals surface area contributed by atoms with Gasteiger partial charge >= 0.3 is 0 Å². The Morgan fingerprint density at radius 1 is 1.27 bits per heavy atom. The van der Waals surface area contributed by atoms with Crippen LogP contribution in [0.3, 0.4) is 0 Å². The number of nitrogens with zero attached hydrogens (tertiary/aromatic N) is 2. The first kappa shape index (κ1) is 22.0. The second-order valence-corrected chi connectivity index (χ2v) is 8.44. The maximum absolute atomic E-state index is 13.2. The lowest BCUT2D eigenvalue weighted by molar-refractivity contribution is -0.132. The maximum Gasteiger partial charge on any atom is 0.219 e. The first-order chi connectivity index (χ1) is 14.3. The number of hydrogen-bond donors (Lipinski definition) is 2. The monoisotopic (exact) mass is 410 g/mol. The third-order valence-corrected chi connectivity index (χ3v) is 5.61. The molecule has 1 amide bonds. The first-order valence-corrected chi connectivity index (χ1v) is 10.5. The molecule has 3 rings (SSSR count). The first-order valence-electron chi connectivity index (χ1n) is 10.5. The summed E-state index contributed by atoms with van der Waals surface area (Å²) in [4.78, 5) is 16.4. The number of hydrogen-bond acceptors (Lipinski definition) is 4. The summed E-state index contributed by atoms with van der Waals surface area (Å²) in [7, 11) is 0. The molecule has 0 saturated carbocycles. The van der Waals surface area contributed by atoms with Crippen LogP contribution in [0.25, 0.3) is 0 Å². The van der Waals surface area contributed by atoms with E-state index in [-0.39, 0.29) is 17.8 Å². The van der Waals surface area contributed by atoms with Gasteiger partial charge in [0, 0.05) is 56.3 Å². The highest BCUT2D eigenvalue weighted by Gasteiger charge is 2.31. The zero-order valence-electron chi connectivity index (χ0n) is 18.2. The number of amides is 1. The van der Waals surface area contributed by atoms with Crippen LogP contribution >= 0.6 is 0 Å². The van der Waals surface area contributed by atoms with Gasteiger partial charge in [-0.25, -0.2) is 4.39 Å². The molecular weight excluding hydrogens is 379 g/mol. The van der Waals surface area contributed by atoms with Crippen molar-refractivity contribution in [3.63, 3.8) is 0 Å². The third kappa shape index (κ3) is 5.05. The second-order valence-electron chi connectivity index (χ2n) is 8.44. The summed E-state index contributed by atoms with van der Waals surface area (Å²) in [5, 5.41) is 11.2. The topological polar surface area (TPSA) is 59.4 Å². The van der Waals surface area contributed by atoms with Gasteiger partial charge in [0.1, 0.15) is 5.82 Å². The molecule has 1 atom stereocenters. The SMILES string of the molecule is CC(=O)N1CCN(CC(C)C)C(c2cc(C=N)c(Nc3ccc(F)cc3)cc2C)C1. The zero-order valence-corrected chi connectivity index (χ0v) is 18.2. The number of piperazine rings is 1. The average Bonchev–Trinajstić information content (AvgIpc) is 2.70. The van der Waals surface area contributed by atoms with Crippen molar-refractivity contribution in [3.8, 4) is 0 Å². The van der Waals surface area contributed by atoms with Crippen LogP contribution < -0.4 is 5.32 Å². The fraction of sp³-hybridized carbons (Fsp3) is 0.417. The van der Waals surface area contributed by atoms with Gasteiger partial charge in [0.15, 0.2) is 0 Å². The molecule has 1 aliphatic rings. The van der Waals surface area contributed by atoms with E-state index in [1.807, 2.05) is 11.0 Å². The van der Waals surface area contributed by atoms with E-state index in [4.69, 9.17) is 5.41 Å². The molecule has 1 heterocycles. The summed E-state index contributed by atoms with van der Waals surface area (Å²) >= 11 is 0. The van der Waals surface area contributed by atoms with E-state index >= 15 is 0 Å². The van der Waals surface area contributed by atoms with Crippen molar-refractivity contribution in [2.24, 2.45) is 5.92 Å². The van der Waals surface area contributed by atoms with Gasteiger partial charge < -0.3 is 15.6 Å². The Morgan fingerprint density at radius 2 is 1.97 bits per heavy atom. The van der Waals surface area contributed by atoms with E-state index in [9.17, 15) is 9.18 Å². The van der Waals surface area contributed by atoms with Crippen molar-refractivity contribution in [1.29, 1.82) is 5.41 Å². The van der Waals surface area contributed by atoms with Crippen molar-refractivity contribution in [3.05, 3.63) is 58.9 Å². The number of halogens is 1. The van der Waals surface area contributed by atoms with Gasteiger partial charge in [0.05, 0.1) is 6.04 Å². The minimum atomic E-state index is -0.281. The minimum absolute atomic E-state index is 0.101. The number of carbonyl (C=O) groups excluding carboxylic acids is 1. The number of aryl methyl sites for hydroxylation is 1. The van der Waals surface area contributed by atoms with Crippen molar-refractivity contribution in [2.45, 2.75) is 33.7 Å². The summed E-state index contributed by atoms with van der Waals surface area (Å²) < 4.78 is 13.2. The number of carbonyl (C=O) groups is 1.